The Labute approximate surface area is 106 Å². The predicted molar refractivity (Wildman–Crippen MR) is 71.9 cm³/mol. The van der Waals surface area contributed by atoms with E-state index in [1.54, 1.807) is 0 Å². The zero-order valence-corrected chi connectivity index (χ0v) is 11.4. The van der Waals surface area contributed by atoms with Crippen LogP contribution in [0.5, 0.6) is 0 Å². The Balaban J connectivity index is 2.06. The van der Waals surface area contributed by atoms with E-state index in [2.05, 4.69) is 24.5 Å². The molecule has 0 saturated carbocycles. The molecule has 100 valence electrons. The molecule has 17 heavy (non-hydrogen) atoms. The topological polar surface area (TPSA) is 41.1 Å². The maximum Gasteiger partial charge on any atom is 0.220 e. The third kappa shape index (κ3) is 6.06. The highest BCUT2D eigenvalue weighted by Gasteiger charge is 2.13. The molecule has 1 heterocycles. The zero-order chi connectivity index (χ0) is 12.5. The van der Waals surface area contributed by atoms with Gasteiger partial charge in [0, 0.05) is 13.0 Å². The summed E-state index contributed by atoms with van der Waals surface area (Å²) in [5.41, 5.74) is 0. The Bertz CT molecular complexity index is 208. The van der Waals surface area contributed by atoms with E-state index in [1.165, 1.54) is 12.8 Å². The summed E-state index contributed by atoms with van der Waals surface area (Å²) in [6.07, 6.45) is 6.65. The van der Waals surface area contributed by atoms with Crippen LogP contribution in [0.25, 0.3) is 0 Å². The van der Waals surface area contributed by atoms with Gasteiger partial charge in [-0.2, -0.15) is 0 Å². The lowest BCUT2D eigenvalue weighted by Gasteiger charge is -2.22. The molecule has 1 atom stereocenters. The van der Waals surface area contributed by atoms with Crippen LogP contribution in [0.4, 0.5) is 0 Å². The normalized spacial score (nSPS) is 20.5. The maximum atomic E-state index is 11.7. The van der Waals surface area contributed by atoms with E-state index < -0.39 is 0 Å². The zero-order valence-electron chi connectivity index (χ0n) is 11.4. The highest BCUT2D eigenvalue weighted by atomic mass is 16.1. The van der Waals surface area contributed by atoms with E-state index in [0.29, 0.717) is 12.3 Å². The lowest BCUT2D eigenvalue weighted by atomic mass is 9.96. The van der Waals surface area contributed by atoms with E-state index in [0.717, 1.165) is 44.8 Å². The maximum absolute atomic E-state index is 11.7. The number of amides is 1. The average molecular weight is 240 g/mol. The van der Waals surface area contributed by atoms with Gasteiger partial charge in [0.1, 0.15) is 0 Å². The van der Waals surface area contributed by atoms with Gasteiger partial charge in [0.2, 0.25) is 5.91 Å². The molecule has 1 rings (SSSR count). The molecule has 1 saturated heterocycles. The third-order valence-electron chi connectivity index (χ3n) is 3.90. The van der Waals surface area contributed by atoms with Crippen LogP contribution in [0, 0.1) is 11.8 Å². The second-order valence-electron chi connectivity index (χ2n) is 5.24. The van der Waals surface area contributed by atoms with Crippen LogP contribution in [0.3, 0.4) is 0 Å². The van der Waals surface area contributed by atoms with Crippen molar-refractivity contribution in [2.45, 2.75) is 52.4 Å². The Morgan fingerprint density at radius 1 is 1.41 bits per heavy atom. The smallest absolute Gasteiger partial charge is 0.220 e. The fraction of sp³-hybridized carbons (Fsp3) is 0.929. The lowest BCUT2D eigenvalue weighted by Crippen LogP contribution is -2.33. The largest absolute Gasteiger partial charge is 0.356 e. The molecule has 1 aliphatic rings. The standard InChI is InChI=1S/C14H28N2O/c1-3-12(4-2)10-14(17)16-9-7-13-6-5-8-15-11-13/h12-13,15H,3-11H2,1-2H3,(H,16,17). The summed E-state index contributed by atoms with van der Waals surface area (Å²) in [7, 11) is 0. The van der Waals surface area contributed by atoms with Gasteiger partial charge >= 0.3 is 0 Å². The first-order valence-electron chi connectivity index (χ1n) is 7.23. The SMILES string of the molecule is CCC(CC)CC(=O)NCCC1CCCNC1. The van der Waals surface area contributed by atoms with Gasteiger partial charge in [-0.25, -0.2) is 0 Å². The van der Waals surface area contributed by atoms with Gasteiger partial charge in [-0.15, -0.1) is 0 Å². The molecule has 0 aromatic heterocycles. The average Bonchev–Trinajstić information content (AvgIpc) is 2.37. The monoisotopic (exact) mass is 240 g/mol. The molecule has 1 unspecified atom stereocenters. The Morgan fingerprint density at radius 3 is 2.76 bits per heavy atom. The molecule has 3 nitrogen and oxygen atoms in total. The number of hydrogen-bond donors (Lipinski definition) is 2. The van der Waals surface area contributed by atoms with Crippen molar-refractivity contribution in [3.05, 3.63) is 0 Å². The lowest BCUT2D eigenvalue weighted by molar-refractivity contribution is -0.122. The van der Waals surface area contributed by atoms with Gasteiger partial charge in [0.15, 0.2) is 0 Å². The van der Waals surface area contributed by atoms with Crippen LogP contribution in [0.1, 0.15) is 52.4 Å². The number of nitrogens with one attached hydrogen (secondary N) is 2. The molecule has 2 N–H and O–H groups in total. The first kappa shape index (κ1) is 14.5. The summed E-state index contributed by atoms with van der Waals surface area (Å²) in [5.74, 6) is 1.56. The van der Waals surface area contributed by atoms with Crippen molar-refractivity contribution >= 4 is 5.91 Å². The molecule has 0 aromatic carbocycles. The van der Waals surface area contributed by atoms with Crippen molar-refractivity contribution in [2.75, 3.05) is 19.6 Å². The van der Waals surface area contributed by atoms with Crippen LogP contribution in [0.15, 0.2) is 0 Å². The van der Waals surface area contributed by atoms with Crippen molar-refractivity contribution in [3.8, 4) is 0 Å². The first-order chi connectivity index (χ1) is 8.26. The van der Waals surface area contributed by atoms with Gasteiger partial charge in [-0.1, -0.05) is 26.7 Å². The molecular weight excluding hydrogens is 212 g/mol. The van der Waals surface area contributed by atoms with E-state index in [9.17, 15) is 4.79 Å². The summed E-state index contributed by atoms with van der Waals surface area (Å²) < 4.78 is 0. The molecule has 0 aromatic rings. The number of piperidine rings is 1. The van der Waals surface area contributed by atoms with Crippen LogP contribution >= 0.6 is 0 Å². The molecule has 0 spiro atoms. The number of carbonyl (C=O) groups excluding carboxylic acids is 1. The number of rotatable bonds is 7. The fourth-order valence-electron chi connectivity index (χ4n) is 2.50. The van der Waals surface area contributed by atoms with Gasteiger partial charge in [0.05, 0.1) is 0 Å². The van der Waals surface area contributed by atoms with Crippen LogP contribution in [-0.4, -0.2) is 25.5 Å². The molecule has 0 bridgehead atoms. The summed E-state index contributed by atoms with van der Waals surface area (Å²) in [6.45, 7) is 7.47. The van der Waals surface area contributed by atoms with E-state index in [-0.39, 0.29) is 5.91 Å². The second-order valence-corrected chi connectivity index (χ2v) is 5.24. The molecule has 0 radical (unpaired) electrons. The minimum absolute atomic E-state index is 0.238. The minimum Gasteiger partial charge on any atom is -0.356 e. The summed E-state index contributed by atoms with van der Waals surface area (Å²) in [5, 5.41) is 6.47. The quantitative estimate of drug-likeness (QED) is 0.717. The van der Waals surface area contributed by atoms with Crippen LogP contribution < -0.4 is 10.6 Å². The molecular formula is C14H28N2O. The van der Waals surface area contributed by atoms with Crippen molar-refractivity contribution in [1.29, 1.82) is 0 Å². The van der Waals surface area contributed by atoms with Gasteiger partial charge in [0.25, 0.3) is 0 Å². The highest BCUT2D eigenvalue weighted by molar-refractivity contribution is 5.76. The van der Waals surface area contributed by atoms with Gasteiger partial charge < -0.3 is 10.6 Å². The second kappa shape index (κ2) is 8.51. The number of carbonyl (C=O) groups is 1. The summed E-state index contributed by atoms with van der Waals surface area (Å²) >= 11 is 0. The van der Waals surface area contributed by atoms with Crippen LogP contribution in [-0.2, 0) is 4.79 Å². The first-order valence-corrected chi connectivity index (χ1v) is 7.23. The summed E-state index contributed by atoms with van der Waals surface area (Å²) in [6, 6.07) is 0. The highest BCUT2D eigenvalue weighted by Crippen LogP contribution is 2.14. The van der Waals surface area contributed by atoms with Crippen molar-refractivity contribution in [3.63, 3.8) is 0 Å². The Kier molecular flexibility index (Phi) is 7.25. The van der Waals surface area contributed by atoms with Gasteiger partial charge in [-0.05, 0) is 44.2 Å². The van der Waals surface area contributed by atoms with Gasteiger partial charge in [-0.3, -0.25) is 4.79 Å². The summed E-state index contributed by atoms with van der Waals surface area (Å²) in [4.78, 5) is 11.7. The molecule has 1 aliphatic heterocycles. The third-order valence-corrected chi connectivity index (χ3v) is 3.90. The van der Waals surface area contributed by atoms with E-state index in [1.807, 2.05) is 0 Å². The Hall–Kier alpha value is -0.570. The molecule has 3 heteroatoms. The van der Waals surface area contributed by atoms with Crippen molar-refractivity contribution in [1.82, 2.24) is 10.6 Å². The molecule has 0 aliphatic carbocycles. The predicted octanol–water partition coefficient (Wildman–Crippen LogP) is 2.32. The fourth-order valence-corrected chi connectivity index (χ4v) is 2.50. The van der Waals surface area contributed by atoms with Crippen LogP contribution in [0.2, 0.25) is 0 Å². The van der Waals surface area contributed by atoms with Crippen molar-refractivity contribution < 1.29 is 4.79 Å². The molecule has 1 fully saturated rings. The molecule has 1 amide bonds. The van der Waals surface area contributed by atoms with E-state index in [4.69, 9.17) is 0 Å². The van der Waals surface area contributed by atoms with E-state index >= 15 is 0 Å². The van der Waals surface area contributed by atoms with Crippen molar-refractivity contribution in [2.24, 2.45) is 11.8 Å². The minimum atomic E-state index is 0.238. The number of hydrogen-bond acceptors (Lipinski definition) is 2. The Morgan fingerprint density at radius 2 is 2.18 bits per heavy atom.